The van der Waals surface area contributed by atoms with E-state index in [1.807, 2.05) is 0 Å². The van der Waals surface area contributed by atoms with Gasteiger partial charge < -0.3 is 10.4 Å². The first-order valence-electron chi connectivity index (χ1n) is 5.26. The van der Waals surface area contributed by atoms with Gasteiger partial charge >= 0.3 is 5.97 Å². The van der Waals surface area contributed by atoms with Crippen LogP contribution in [0.25, 0.3) is 0 Å². The molecule has 0 saturated carbocycles. The van der Waals surface area contributed by atoms with E-state index >= 15 is 0 Å². The van der Waals surface area contributed by atoms with Gasteiger partial charge in [-0.05, 0) is 24.3 Å². The molecule has 18 heavy (non-hydrogen) atoms. The molecule has 0 aromatic heterocycles. The minimum atomic E-state index is -1.03. The molecule has 5 nitrogen and oxygen atoms in total. The number of carbonyl (C=O) groups is 3. The minimum absolute atomic E-state index is 0.0871. The van der Waals surface area contributed by atoms with Crippen LogP contribution in [0.5, 0.6) is 0 Å². The number of hydrogen-bond donors (Lipinski definition) is 2. The third-order valence-electron chi connectivity index (χ3n) is 2.17. The van der Waals surface area contributed by atoms with Gasteiger partial charge in [-0.25, -0.2) is 0 Å². The van der Waals surface area contributed by atoms with Crippen LogP contribution in [0.2, 0.25) is 5.02 Å². The van der Waals surface area contributed by atoms with Crippen molar-refractivity contribution in [2.24, 2.45) is 0 Å². The second-order valence-corrected chi connectivity index (χ2v) is 4.06. The number of Topliss-reactive ketones (excluding diaryl/α,β-unsaturated/α-hetero) is 1. The molecule has 0 atom stereocenters. The average molecular weight is 270 g/mol. The van der Waals surface area contributed by atoms with E-state index in [1.54, 1.807) is 24.3 Å². The van der Waals surface area contributed by atoms with Gasteiger partial charge in [-0.1, -0.05) is 11.6 Å². The molecule has 1 aromatic carbocycles. The van der Waals surface area contributed by atoms with Gasteiger partial charge in [0.25, 0.3) is 5.91 Å². The Balaban J connectivity index is 2.39. The fourth-order valence-electron chi connectivity index (χ4n) is 1.22. The zero-order valence-electron chi connectivity index (χ0n) is 9.48. The lowest BCUT2D eigenvalue weighted by Crippen LogP contribution is -2.29. The summed E-state index contributed by atoms with van der Waals surface area (Å²) in [5.41, 5.74) is 0.394. The molecule has 1 aromatic rings. The van der Waals surface area contributed by atoms with Gasteiger partial charge in [0.15, 0.2) is 5.78 Å². The van der Waals surface area contributed by atoms with E-state index < -0.39 is 11.9 Å². The number of halogens is 1. The van der Waals surface area contributed by atoms with Crippen molar-refractivity contribution in [1.29, 1.82) is 0 Å². The molecule has 0 unspecified atom stereocenters. The lowest BCUT2D eigenvalue weighted by atomic mass is 10.2. The van der Waals surface area contributed by atoms with E-state index in [0.717, 1.165) is 0 Å². The molecule has 1 rings (SSSR count). The average Bonchev–Trinajstić information content (AvgIpc) is 2.34. The van der Waals surface area contributed by atoms with E-state index in [1.165, 1.54) is 0 Å². The molecule has 0 aliphatic rings. The first-order valence-corrected chi connectivity index (χ1v) is 5.64. The Morgan fingerprint density at radius 2 is 1.72 bits per heavy atom. The number of hydrogen-bond acceptors (Lipinski definition) is 3. The van der Waals surface area contributed by atoms with Crippen molar-refractivity contribution in [1.82, 2.24) is 5.32 Å². The first kappa shape index (κ1) is 14.2. The summed E-state index contributed by atoms with van der Waals surface area (Å²) in [7, 11) is 0. The Morgan fingerprint density at radius 3 is 2.28 bits per heavy atom. The van der Waals surface area contributed by atoms with Crippen LogP contribution in [-0.2, 0) is 9.59 Å². The van der Waals surface area contributed by atoms with Gasteiger partial charge in [-0.15, -0.1) is 0 Å². The Hall–Kier alpha value is -1.88. The molecule has 0 radical (unpaired) electrons. The molecule has 96 valence electrons. The van der Waals surface area contributed by atoms with Crippen LogP contribution < -0.4 is 5.32 Å². The van der Waals surface area contributed by atoms with Crippen molar-refractivity contribution in [3.63, 3.8) is 0 Å². The maximum atomic E-state index is 11.6. The zero-order chi connectivity index (χ0) is 13.5. The van der Waals surface area contributed by atoms with Crippen LogP contribution in [0.3, 0.4) is 0 Å². The van der Waals surface area contributed by atoms with Crippen molar-refractivity contribution in [2.45, 2.75) is 12.8 Å². The highest BCUT2D eigenvalue weighted by Crippen LogP contribution is 2.09. The predicted molar refractivity (Wildman–Crippen MR) is 65.7 cm³/mol. The quantitative estimate of drug-likeness (QED) is 0.820. The third kappa shape index (κ3) is 4.97. The molecule has 0 fully saturated rings. The summed E-state index contributed by atoms with van der Waals surface area (Å²) in [4.78, 5) is 33.1. The summed E-state index contributed by atoms with van der Waals surface area (Å²) in [5.74, 6) is -1.75. The number of ketones is 1. The van der Waals surface area contributed by atoms with E-state index in [0.29, 0.717) is 10.6 Å². The van der Waals surface area contributed by atoms with Crippen molar-refractivity contribution >= 4 is 29.3 Å². The number of amides is 1. The molecule has 0 saturated heterocycles. The summed E-state index contributed by atoms with van der Waals surface area (Å²) >= 11 is 5.67. The lowest BCUT2D eigenvalue weighted by Gasteiger charge is -2.04. The minimum Gasteiger partial charge on any atom is -0.481 e. The topological polar surface area (TPSA) is 83.5 Å². The molecule has 1 amide bonds. The molecule has 2 N–H and O–H groups in total. The smallest absolute Gasteiger partial charge is 0.303 e. The summed E-state index contributed by atoms with van der Waals surface area (Å²) in [5, 5.41) is 11.3. The van der Waals surface area contributed by atoms with Gasteiger partial charge in [0.2, 0.25) is 0 Å². The number of aliphatic carboxylic acids is 1. The van der Waals surface area contributed by atoms with Crippen LogP contribution >= 0.6 is 11.6 Å². The Labute approximate surface area is 109 Å². The van der Waals surface area contributed by atoms with Crippen molar-refractivity contribution in [3.8, 4) is 0 Å². The lowest BCUT2D eigenvalue weighted by molar-refractivity contribution is -0.138. The molecular weight excluding hydrogens is 258 g/mol. The highest BCUT2D eigenvalue weighted by Gasteiger charge is 2.09. The largest absolute Gasteiger partial charge is 0.481 e. The van der Waals surface area contributed by atoms with E-state index in [4.69, 9.17) is 16.7 Å². The Kier molecular flexibility index (Phi) is 5.32. The molecule has 0 heterocycles. The van der Waals surface area contributed by atoms with Crippen LogP contribution in [0.15, 0.2) is 24.3 Å². The van der Waals surface area contributed by atoms with Crippen LogP contribution in [-0.4, -0.2) is 29.3 Å². The summed E-state index contributed by atoms with van der Waals surface area (Å²) in [6, 6.07) is 6.23. The van der Waals surface area contributed by atoms with Gasteiger partial charge in [-0.2, -0.15) is 0 Å². The first-order chi connectivity index (χ1) is 8.49. The zero-order valence-corrected chi connectivity index (χ0v) is 10.2. The molecule has 0 spiro atoms. The summed E-state index contributed by atoms with van der Waals surface area (Å²) in [6.45, 7) is -0.172. The fraction of sp³-hybridized carbons (Fsp3) is 0.250. The second-order valence-electron chi connectivity index (χ2n) is 3.62. The van der Waals surface area contributed by atoms with Crippen LogP contribution in [0.1, 0.15) is 23.2 Å². The highest BCUT2D eigenvalue weighted by molar-refractivity contribution is 6.30. The summed E-state index contributed by atoms with van der Waals surface area (Å²) < 4.78 is 0. The standard InChI is InChI=1S/C12H12ClNO4/c13-9-3-1-8(2-4-9)12(18)14-7-10(15)5-6-11(16)17/h1-4H,5-7H2,(H,14,18)(H,16,17). The normalized spacial score (nSPS) is 9.83. The number of nitrogens with one attached hydrogen (secondary N) is 1. The van der Waals surface area contributed by atoms with E-state index in [9.17, 15) is 14.4 Å². The SMILES string of the molecule is O=C(O)CCC(=O)CNC(=O)c1ccc(Cl)cc1. The predicted octanol–water partition coefficient (Wildman–Crippen LogP) is 1.50. The molecule has 6 heteroatoms. The molecule has 0 aliphatic heterocycles. The van der Waals surface area contributed by atoms with Crippen LogP contribution in [0.4, 0.5) is 0 Å². The Bertz CT molecular complexity index is 456. The van der Waals surface area contributed by atoms with E-state index in [-0.39, 0.29) is 25.2 Å². The van der Waals surface area contributed by atoms with E-state index in [2.05, 4.69) is 5.32 Å². The number of rotatable bonds is 6. The Morgan fingerprint density at radius 1 is 1.11 bits per heavy atom. The maximum Gasteiger partial charge on any atom is 0.303 e. The van der Waals surface area contributed by atoms with Gasteiger partial charge in [0.1, 0.15) is 0 Å². The van der Waals surface area contributed by atoms with Gasteiger partial charge in [0.05, 0.1) is 13.0 Å². The van der Waals surface area contributed by atoms with Crippen LogP contribution in [0, 0.1) is 0 Å². The number of carboxylic acid groups (broad SMARTS) is 1. The highest BCUT2D eigenvalue weighted by atomic mass is 35.5. The van der Waals surface area contributed by atoms with Crippen molar-refractivity contribution in [3.05, 3.63) is 34.9 Å². The van der Waals surface area contributed by atoms with Crippen molar-refractivity contribution < 1.29 is 19.5 Å². The monoisotopic (exact) mass is 269 g/mol. The number of benzene rings is 1. The maximum absolute atomic E-state index is 11.6. The number of carboxylic acids is 1. The van der Waals surface area contributed by atoms with Gasteiger partial charge in [0, 0.05) is 17.0 Å². The molecular formula is C12H12ClNO4. The van der Waals surface area contributed by atoms with Gasteiger partial charge in [-0.3, -0.25) is 14.4 Å². The van der Waals surface area contributed by atoms with Crippen molar-refractivity contribution in [2.75, 3.05) is 6.54 Å². The molecule has 0 bridgehead atoms. The fourth-order valence-corrected chi connectivity index (χ4v) is 1.34. The number of carbonyl (C=O) groups excluding carboxylic acids is 2. The molecule has 0 aliphatic carbocycles. The summed E-state index contributed by atoms with van der Waals surface area (Å²) in [6.07, 6.45) is -0.314. The third-order valence-corrected chi connectivity index (χ3v) is 2.42. The second kappa shape index (κ2) is 6.76.